The molecule has 19 heavy (non-hydrogen) atoms. The van der Waals surface area contributed by atoms with Gasteiger partial charge in [-0.05, 0) is 50.3 Å². The Morgan fingerprint density at radius 3 is 2.42 bits per heavy atom. The molecule has 0 aliphatic rings. The van der Waals surface area contributed by atoms with Gasteiger partial charge in [0, 0.05) is 12.2 Å². The molecule has 110 valence electrons. The van der Waals surface area contributed by atoms with Crippen molar-refractivity contribution in [3.05, 3.63) is 17.5 Å². The van der Waals surface area contributed by atoms with E-state index in [0.717, 1.165) is 32.5 Å². The van der Waals surface area contributed by atoms with Crippen molar-refractivity contribution in [2.24, 2.45) is 11.3 Å². The molecule has 1 unspecified atom stereocenters. The van der Waals surface area contributed by atoms with Crippen LogP contribution in [0.4, 0.5) is 0 Å². The van der Waals surface area contributed by atoms with Crippen LogP contribution in [-0.2, 0) is 19.4 Å². The molecule has 0 bridgehead atoms. The molecule has 1 atom stereocenters. The summed E-state index contributed by atoms with van der Waals surface area (Å²) in [6, 6.07) is 2.29. The smallest absolute Gasteiger partial charge is 0.0624 e. The van der Waals surface area contributed by atoms with Crippen LogP contribution in [0.5, 0.6) is 0 Å². The molecule has 3 heteroatoms. The molecule has 1 aromatic rings. The number of aromatic nitrogens is 2. The molecule has 0 aliphatic heterocycles. The van der Waals surface area contributed by atoms with Gasteiger partial charge < -0.3 is 5.32 Å². The first-order chi connectivity index (χ1) is 8.92. The molecule has 1 N–H and O–H groups in total. The topological polar surface area (TPSA) is 29.9 Å². The molecule has 0 saturated carbocycles. The Balaban J connectivity index is 2.85. The summed E-state index contributed by atoms with van der Waals surface area (Å²) in [5, 5.41) is 8.16. The zero-order valence-electron chi connectivity index (χ0n) is 13.6. The summed E-state index contributed by atoms with van der Waals surface area (Å²) in [5.41, 5.74) is 2.92. The minimum atomic E-state index is 0.317. The minimum absolute atomic E-state index is 0.317. The van der Waals surface area contributed by atoms with Crippen LogP contribution in [-0.4, -0.2) is 22.9 Å². The van der Waals surface area contributed by atoms with Crippen molar-refractivity contribution in [1.82, 2.24) is 15.1 Å². The van der Waals surface area contributed by atoms with Crippen molar-refractivity contribution >= 4 is 0 Å². The Kier molecular flexibility index (Phi) is 6.05. The highest BCUT2D eigenvalue weighted by Crippen LogP contribution is 2.29. The van der Waals surface area contributed by atoms with Gasteiger partial charge in [0.25, 0.3) is 0 Å². The zero-order chi connectivity index (χ0) is 14.5. The van der Waals surface area contributed by atoms with E-state index in [2.05, 4.69) is 62.7 Å². The van der Waals surface area contributed by atoms with Crippen LogP contribution in [0.2, 0.25) is 0 Å². The highest BCUT2D eigenvalue weighted by molar-refractivity contribution is 5.12. The van der Waals surface area contributed by atoms with E-state index in [-0.39, 0.29) is 0 Å². The summed E-state index contributed by atoms with van der Waals surface area (Å²) in [6.45, 7) is 16.6. The summed E-state index contributed by atoms with van der Waals surface area (Å²) in [4.78, 5) is 0. The fourth-order valence-corrected chi connectivity index (χ4v) is 2.38. The van der Waals surface area contributed by atoms with Gasteiger partial charge in [-0.1, -0.05) is 34.6 Å². The van der Waals surface area contributed by atoms with Crippen LogP contribution in [0.3, 0.4) is 0 Å². The zero-order valence-corrected chi connectivity index (χ0v) is 13.6. The average molecular weight is 265 g/mol. The van der Waals surface area contributed by atoms with Crippen LogP contribution in [0.1, 0.15) is 52.9 Å². The first-order valence-electron chi connectivity index (χ1n) is 7.68. The summed E-state index contributed by atoms with van der Waals surface area (Å²) in [5.74, 6) is 0.638. The van der Waals surface area contributed by atoms with Crippen LogP contribution in [0.15, 0.2) is 6.07 Å². The molecule has 1 aromatic heterocycles. The Bertz CT molecular complexity index is 374. The van der Waals surface area contributed by atoms with Crippen molar-refractivity contribution in [3.63, 3.8) is 0 Å². The SMILES string of the molecule is CCNCC(Cc1cc(CC)nn1CC)C(C)(C)C. The van der Waals surface area contributed by atoms with Crippen LogP contribution < -0.4 is 5.32 Å². The van der Waals surface area contributed by atoms with Gasteiger partial charge in [0.2, 0.25) is 0 Å². The van der Waals surface area contributed by atoms with Crippen molar-refractivity contribution < 1.29 is 0 Å². The molecular formula is C16H31N3. The van der Waals surface area contributed by atoms with E-state index in [4.69, 9.17) is 0 Å². The Morgan fingerprint density at radius 1 is 1.26 bits per heavy atom. The molecule has 1 rings (SSSR count). The predicted octanol–water partition coefficient (Wildman–Crippen LogP) is 3.28. The third kappa shape index (κ3) is 4.64. The standard InChI is InChI=1S/C16H31N3/c1-7-14-11-15(19(9-3)18-14)10-13(12-17-8-2)16(4,5)6/h11,13,17H,7-10,12H2,1-6H3. The largest absolute Gasteiger partial charge is 0.317 e. The summed E-state index contributed by atoms with van der Waals surface area (Å²) >= 11 is 0. The molecule has 0 fully saturated rings. The normalized spacial score (nSPS) is 13.8. The maximum atomic E-state index is 4.66. The first-order valence-corrected chi connectivity index (χ1v) is 7.68. The monoisotopic (exact) mass is 265 g/mol. The van der Waals surface area contributed by atoms with Gasteiger partial charge in [-0.25, -0.2) is 0 Å². The Morgan fingerprint density at radius 2 is 1.95 bits per heavy atom. The van der Waals surface area contributed by atoms with Gasteiger partial charge in [-0.15, -0.1) is 0 Å². The Hall–Kier alpha value is -0.830. The second-order valence-electron chi connectivity index (χ2n) is 6.37. The van der Waals surface area contributed by atoms with Gasteiger partial charge in [0.1, 0.15) is 0 Å². The van der Waals surface area contributed by atoms with E-state index < -0.39 is 0 Å². The lowest BCUT2D eigenvalue weighted by Gasteiger charge is -2.31. The van der Waals surface area contributed by atoms with Crippen molar-refractivity contribution in [1.29, 1.82) is 0 Å². The van der Waals surface area contributed by atoms with Gasteiger partial charge >= 0.3 is 0 Å². The third-order valence-corrected chi connectivity index (χ3v) is 3.90. The molecule has 0 amide bonds. The fraction of sp³-hybridized carbons (Fsp3) is 0.812. The van der Waals surface area contributed by atoms with E-state index in [1.807, 2.05) is 0 Å². The predicted molar refractivity (Wildman–Crippen MR) is 82.5 cm³/mol. The van der Waals surface area contributed by atoms with Crippen LogP contribution in [0, 0.1) is 11.3 Å². The maximum absolute atomic E-state index is 4.66. The maximum Gasteiger partial charge on any atom is 0.0624 e. The molecule has 0 saturated heterocycles. The number of aryl methyl sites for hydroxylation is 2. The van der Waals surface area contributed by atoms with Crippen molar-refractivity contribution in [2.45, 2.75) is 60.9 Å². The van der Waals surface area contributed by atoms with E-state index in [9.17, 15) is 0 Å². The summed E-state index contributed by atoms with van der Waals surface area (Å²) in [7, 11) is 0. The number of hydrogen-bond donors (Lipinski definition) is 1. The fourth-order valence-electron chi connectivity index (χ4n) is 2.38. The lowest BCUT2D eigenvalue weighted by molar-refractivity contribution is 0.228. The Labute approximate surface area is 118 Å². The van der Waals surface area contributed by atoms with Gasteiger partial charge in [0.05, 0.1) is 5.69 Å². The van der Waals surface area contributed by atoms with Gasteiger partial charge in [-0.2, -0.15) is 5.10 Å². The molecule has 0 radical (unpaired) electrons. The molecule has 3 nitrogen and oxygen atoms in total. The highest BCUT2D eigenvalue weighted by Gasteiger charge is 2.25. The molecular weight excluding hydrogens is 234 g/mol. The van der Waals surface area contributed by atoms with Crippen molar-refractivity contribution in [3.8, 4) is 0 Å². The lowest BCUT2D eigenvalue weighted by Crippen LogP contribution is -2.33. The van der Waals surface area contributed by atoms with Crippen molar-refractivity contribution in [2.75, 3.05) is 13.1 Å². The summed E-state index contributed by atoms with van der Waals surface area (Å²) in [6.07, 6.45) is 2.13. The number of rotatable bonds is 7. The minimum Gasteiger partial charge on any atom is -0.317 e. The average Bonchev–Trinajstić information content (AvgIpc) is 2.75. The quantitative estimate of drug-likeness (QED) is 0.820. The molecule has 0 aromatic carbocycles. The first kappa shape index (κ1) is 16.2. The second-order valence-corrected chi connectivity index (χ2v) is 6.37. The number of hydrogen-bond acceptors (Lipinski definition) is 2. The van der Waals surface area contributed by atoms with Gasteiger partial charge in [0.15, 0.2) is 0 Å². The second kappa shape index (κ2) is 7.09. The van der Waals surface area contributed by atoms with E-state index in [1.165, 1.54) is 11.4 Å². The lowest BCUT2D eigenvalue weighted by atomic mass is 9.78. The highest BCUT2D eigenvalue weighted by atomic mass is 15.3. The van der Waals surface area contributed by atoms with Crippen LogP contribution >= 0.6 is 0 Å². The van der Waals surface area contributed by atoms with E-state index >= 15 is 0 Å². The van der Waals surface area contributed by atoms with Crippen LogP contribution in [0.25, 0.3) is 0 Å². The molecule has 0 spiro atoms. The van der Waals surface area contributed by atoms with E-state index in [1.54, 1.807) is 0 Å². The molecule has 0 aliphatic carbocycles. The molecule has 1 heterocycles. The van der Waals surface area contributed by atoms with Gasteiger partial charge in [-0.3, -0.25) is 4.68 Å². The van der Waals surface area contributed by atoms with E-state index in [0.29, 0.717) is 11.3 Å². The number of nitrogens with one attached hydrogen (secondary N) is 1. The summed E-state index contributed by atoms with van der Waals surface area (Å²) < 4.78 is 2.17. The number of nitrogens with zero attached hydrogens (tertiary/aromatic N) is 2. The third-order valence-electron chi connectivity index (χ3n) is 3.90.